The van der Waals surface area contributed by atoms with Gasteiger partial charge in [0.2, 0.25) is 12.7 Å². The van der Waals surface area contributed by atoms with Crippen molar-refractivity contribution >= 4 is 18.0 Å². The summed E-state index contributed by atoms with van der Waals surface area (Å²) in [5.74, 6) is 1.55. The number of nitrogens with one attached hydrogen (secondary N) is 1. The Bertz CT molecular complexity index is 857. The van der Waals surface area contributed by atoms with Crippen molar-refractivity contribution in [2.24, 2.45) is 11.3 Å². The number of allylic oxidation sites excluding steroid dienone is 2. The van der Waals surface area contributed by atoms with Crippen LogP contribution in [0.5, 0.6) is 11.5 Å². The van der Waals surface area contributed by atoms with Crippen molar-refractivity contribution in [3.05, 3.63) is 42.0 Å². The van der Waals surface area contributed by atoms with Crippen LogP contribution in [0.4, 0.5) is 0 Å². The van der Waals surface area contributed by atoms with E-state index in [9.17, 15) is 9.59 Å². The first kappa shape index (κ1) is 22.9. The van der Waals surface area contributed by atoms with E-state index in [1.54, 1.807) is 12.2 Å². The van der Waals surface area contributed by atoms with Crippen LogP contribution in [0.25, 0.3) is 6.08 Å². The number of amides is 1. The predicted octanol–water partition coefficient (Wildman–Crippen LogP) is 4.64. The van der Waals surface area contributed by atoms with Gasteiger partial charge in [-0.3, -0.25) is 9.59 Å². The van der Waals surface area contributed by atoms with Gasteiger partial charge in [-0.1, -0.05) is 45.1 Å². The highest BCUT2D eigenvalue weighted by Gasteiger charge is 2.41. The second kappa shape index (κ2) is 9.58. The molecule has 0 radical (unpaired) electrons. The van der Waals surface area contributed by atoms with Crippen LogP contribution in [0.2, 0.25) is 0 Å². The van der Waals surface area contributed by atoms with E-state index in [0.717, 1.165) is 42.7 Å². The largest absolute Gasteiger partial charge is 0.469 e. The standard InChI is InChI=1S/C25H33NO5/c1-24(2,3)19-11-13-25(14-12-19,16-23(28)29-4)26-22(27)8-6-5-7-18-9-10-20-21(15-18)31-17-30-20/h5-10,15,19H,11-14,16-17H2,1-4H3,(H,26,27)/b7-5+,8-6+. The number of hydrogen-bond acceptors (Lipinski definition) is 5. The zero-order chi connectivity index (χ0) is 22.5. The summed E-state index contributed by atoms with van der Waals surface area (Å²) in [5.41, 5.74) is 0.634. The van der Waals surface area contributed by atoms with E-state index in [4.69, 9.17) is 14.2 Å². The van der Waals surface area contributed by atoms with E-state index in [1.165, 1.54) is 13.2 Å². The van der Waals surface area contributed by atoms with Crippen molar-refractivity contribution in [2.45, 2.75) is 58.4 Å². The number of ether oxygens (including phenoxy) is 3. The number of carbonyl (C=O) groups is 2. The summed E-state index contributed by atoms with van der Waals surface area (Å²) < 4.78 is 15.6. The maximum absolute atomic E-state index is 12.6. The van der Waals surface area contributed by atoms with Crippen molar-refractivity contribution in [3.63, 3.8) is 0 Å². The lowest BCUT2D eigenvalue weighted by atomic mass is 9.66. The second-order valence-corrected chi connectivity index (χ2v) is 9.49. The molecular formula is C25H33NO5. The molecule has 1 fully saturated rings. The molecule has 0 atom stereocenters. The van der Waals surface area contributed by atoms with E-state index < -0.39 is 5.54 Å². The van der Waals surface area contributed by atoms with Crippen molar-refractivity contribution in [1.29, 1.82) is 0 Å². The lowest BCUT2D eigenvalue weighted by molar-refractivity contribution is -0.143. The number of esters is 1. The molecule has 1 aromatic carbocycles. The quantitative estimate of drug-likeness (QED) is 0.407. The predicted molar refractivity (Wildman–Crippen MR) is 120 cm³/mol. The van der Waals surface area contributed by atoms with Gasteiger partial charge in [0.15, 0.2) is 11.5 Å². The molecular weight excluding hydrogens is 394 g/mol. The van der Waals surface area contributed by atoms with Crippen molar-refractivity contribution < 1.29 is 23.8 Å². The van der Waals surface area contributed by atoms with E-state index in [1.807, 2.05) is 24.3 Å². The number of carbonyl (C=O) groups excluding carboxylic acids is 2. The molecule has 1 aliphatic heterocycles. The van der Waals surface area contributed by atoms with E-state index >= 15 is 0 Å². The normalized spacial score (nSPS) is 23.3. The Balaban J connectivity index is 1.60. The smallest absolute Gasteiger partial charge is 0.307 e. The zero-order valence-electron chi connectivity index (χ0n) is 18.9. The highest BCUT2D eigenvalue weighted by molar-refractivity contribution is 5.89. The minimum atomic E-state index is -0.544. The summed E-state index contributed by atoms with van der Waals surface area (Å²) in [4.78, 5) is 24.6. The molecule has 31 heavy (non-hydrogen) atoms. The van der Waals surface area contributed by atoms with Crippen LogP contribution in [0.15, 0.2) is 36.4 Å². The first-order valence-corrected chi connectivity index (χ1v) is 10.8. The fourth-order valence-corrected chi connectivity index (χ4v) is 4.36. The van der Waals surface area contributed by atoms with E-state index in [2.05, 4.69) is 26.1 Å². The van der Waals surface area contributed by atoms with Gasteiger partial charge in [-0.2, -0.15) is 0 Å². The third-order valence-electron chi connectivity index (χ3n) is 6.31. The molecule has 0 unspecified atom stereocenters. The maximum Gasteiger partial charge on any atom is 0.307 e. The molecule has 1 N–H and O–H groups in total. The Kier molecular flexibility index (Phi) is 7.08. The molecule has 0 spiro atoms. The van der Waals surface area contributed by atoms with Crippen LogP contribution in [-0.4, -0.2) is 31.3 Å². The summed E-state index contributed by atoms with van der Waals surface area (Å²) in [6, 6.07) is 5.69. The fourth-order valence-electron chi connectivity index (χ4n) is 4.36. The molecule has 168 valence electrons. The fraction of sp³-hybridized carbons (Fsp3) is 0.520. The lowest BCUT2D eigenvalue weighted by Crippen LogP contribution is -2.52. The maximum atomic E-state index is 12.6. The van der Waals surface area contributed by atoms with Crippen LogP contribution in [0.1, 0.15) is 58.4 Å². The third-order valence-corrected chi connectivity index (χ3v) is 6.31. The summed E-state index contributed by atoms with van der Waals surface area (Å²) in [5, 5.41) is 3.11. The van der Waals surface area contributed by atoms with Crippen LogP contribution in [-0.2, 0) is 14.3 Å². The molecule has 3 rings (SSSR count). The van der Waals surface area contributed by atoms with E-state index in [0.29, 0.717) is 5.92 Å². The van der Waals surface area contributed by atoms with Gasteiger partial charge in [-0.25, -0.2) is 0 Å². The molecule has 2 aliphatic rings. The van der Waals surface area contributed by atoms with Gasteiger partial charge in [-0.15, -0.1) is 0 Å². The highest BCUT2D eigenvalue weighted by Crippen LogP contribution is 2.42. The first-order chi connectivity index (χ1) is 14.7. The van der Waals surface area contributed by atoms with Gasteiger partial charge < -0.3 is 19.5 Å². The number of benzene rings is 1. The Morgan fingerprint density at radius 2 is 1.87 bits per heavy atom. The first-order valence-electron chi connectivity index (χ1n) is 10.8. The zero-order valence-corrected chi connectivity index (χ0v) is 18.9. The summed E-state index contributed by atoms with van der Waals surface area (Å²) >= 11 is 0. The number of fused-ring (bicyclic) bond motifs is 1. The number of hydrogen-bond donors (Lipinski definition) is 1. The molecule has 0 bridgehead atoms. The summed E-state index contributed by atoms with van der Waals surface area (Å²) in [6.45, 7) is 6.99. The molecule has 6 heteroatoms. The number of methoxy groups -OCH3 is 1. The summed E-state index contributed by atoms with van der Waals surface area (Å²) in [6.07, 6.45) is 10.6. The van der Waals surface area contributed by atoms with Crippen molar-refractivity contribution in [2.75, 3.05) is 13.9 Å². The van der Waals surface area contributed by atoms with Gasteiger partial charge in [-0.05, 0) is 54.7 Å². The molecule has 1 aromatic rings. The molecule has 1 heterocycles. The van der Waals surface area contributed by atoms with Gasteiger partial charge >= 0.3 is 5.97 Å². The van der Waals surface area contributed by atoms with Gasteiger partial charge in [0.05, 0.1) is 19.1 Å². The Morgan fingerprint density at radius 1 is 1.16 bits per heavy atom. The monoisotopic (exact) mass is 427 g/mol. The van der Waals surface area contributed by atoms with Crippen LogP contribution in [0.3, 0.4) is 0 Å². The Hall–Kier alpha value is -2.76. The molecule has 6 nitrogen and oxygen atoms in total. The summed E-state index contributed by atoms with van der Waals surface area (Å²) in [7, 11) is 1.39. The topological polar surface area (TPSA) is 73.9 Å². The highest BCUT2D eigenvalue weighted by atomic mass is 16.7. The second-order valence-electron chi connectivity index (χ2n) is 9.49. The van der Waals surface area contributed by atoms with Gasteiger partial charge in [0.25, 0.3) is 0 Å². The van der Waals surface area contributed by atoms with Crippen molar-refractivity contribution in [1.82, 2.24) is 5.32 Å². The molecule has 1 amide bonds. The van der Waals surface area contributed by atoms with Gasteiger partial charge in [0, 0.05) is 6.08 Å². The Labute approximate surface area is 184 Å². The average molecular weight is 428 g/mol. The SMILES string of the molecule is COC(=O)CC1(NC(=O)/C=C/C=C/c2ccc3c(c2)OCO3)CCC(C(C)(C)C)CC1. The van der Waals surface area contributed by atoms with E-state index in [-0.39, 0.29) is 30.5 Å². The van der Waals surface area contributed by atoms with Gasteiger partial charge in [0.1, 0.15) is 0 Å². The van der Waals surface area contributed by atoms with Crippen LogP contribution in [0, 0.1) is 11.3 Å². The van der Waals surface area contributed by atoms with Crippen LogP contribution >= 0.6 is 0 Å². The minimum Gasteiger partial charge on any atom is -0.469 e. The average Bonchev–Trinajstić information content (AvgIpc) is 3.18. The Morgan fingerprint density at radius 3 is 2.55 bits per heavy atom. The number of rotatable bonds is 6. The molecule has 1 saturated carbocycles. The molecule has 0 aromatic heterocycles. The molecule has 0 saturated heterocycles. The van der Waals surface area contributed by atoms with Crippen LogP contribution < -0.4 is 14.8 Å². The third kappa shape index (κ3) is 6.12. The minimum absolute atomic E-state index is 0.201. The lowest BCUT2D eigenvalue weighted by Gasteiger charge is -2.44. The molecule has 1 aliphatic carbocycles. The van der Waals surface area contributed by atoms with Crippen molar-refractivity contribution in [3.8, 4) is 11.5 Å².